The minimum Gasteiger partial charge on any atom is -0.465 e. The number of fused-ring (bicyclic) bond motifs is 6. The first-order valence-corrected chi connectivity index (χ1v) is 10.3. The number of carbonyl (C=O) groups is 2. The molecular weight excluding hydrogens is 350 g/mol. The smallest absolute Gasteiger partial charge is 0.322 e. The van der Waals surface area contributed by atoms with Crippen LogP contribution in [0.4, 0.5) is 5.69 Å². The zero-order valence-corrected chi connectivity index (χ0v) is 16.2. The molecule has 144 valence electrons. The molecule has 1 saturated carbocycles. The Morgan fingerprint density at radius 1 is 1.11 bits per heavy atom. The molecule has 1 N–H and O–H groups in total. The lowest BCUT2D eigenvalue weighted by Crippen LogP contribution is -2.60. The molecular formula is C24H25NO3. The highest BCUT2D eigenvalue weighted by Crippen LogP contribution is 2.64. The normalized spacial score (nSPS) is 26.8. The van der Waals surface area contributed by atoms with Gasteiger partial charge in [-0.1, -0.05) is 55.3 Å². The molecule has 0 bridgehead atoms. The zero-order chi connectivity index (χ0) is 19.4. The Morgan fingerprint density at radius 3 is 2.61 bits per heavy atom. The number of benzene rings is 2. The Kier molecular flexibility index (Phi) is 3.87. The molecule has 0 saturated heterocycles. The Labute approximate surface area is 165 Å². The van der Waals surface area contributed by atoms with Crippen molar-refractivity contribution < 1.29 is 14.3 Å². The first-order chi connectivity index (χ1) is 13.6. The van der Waals surface area contributed by atoms with Crippen molar-refractivity contribution in [2.75, 3.05) is 11.9 Å². The molecule has 1 aliphatic heterocycles. The number of esters is 1. The highest BCUT2D eigenvalue weighted by Gasteiger charge is 2.66. The summed E-state index contributed by atoms with van der Waals surface area (Å²) in [6, 6.07) is 16.4. The summed E-state index contributed by atoms with van der Waals surface area (Å²) in [6.45, 7) is 2.08. The number of anilines is 1. The van der Waals surface area contributed by atoms with Gasteiger partial charge in [-0.05, 0) is 48.9 Å². The van der Waals surface area contributed by atoms with Crippen molar-refractivity contribution in [2.24, 2.45) is 5.41 Å². The van der Waals surface area contributed by atoms with Gasteiger partial charge in [-0.15, -0.1) is 0 Å². The maximum Gasteiger partial charge on any atom is 0.322 e. The molecule has 4 nitrogen and oxygen atoms in total. The molecule has 0 unspecified atom stereocenters. The first kappa shape index (κ1) is 17.5. The summed E-state index contributed by atoms with van der Waals surface area (Å²) < 4.78 is 5.55. The van der Waals surface area contributed by atoms with E-state index in [1.807, 2.05) is 24.3 Å². The number of nitrogens with one attached hydrogen (secondary N) is 1. The molecule has 5 rings (SSSR count). The predicted octanol–water partition coefficient (Wildman–Crippen LogP) is 4.34. The van der Waals surface area contributed by atoms with Crippen LogP contribution in [0.1, 0.15) is 55.2 Å². The molecule has 1 heterocycles. The quantitative estimate of drug-likeness (QED) is 0.627. The highest BCUT2D eigenvalue weighted by molar-refractivity contribution is 6.13. The van der Waals surface area contributed by atoms with Gasteiger partial charge >= 0.3 is 5.97 Å². The van der Waals surface area contributed by atoms with E-state index in [1.165, 1.54) is 5.56 Å². The standard InChI is InChI=1S/C24H25NO3/c1-2-28-22(27)24-15-16-9-3-5-11-18(16)23(13-7-8-14-23)20(24)17-10-4-6-12-19(17)25-21(24)26/h3-6,9-12,20H,2,7-8,13-15H2,1H3,(H,25,26)/t20-,24-/m1/s1. The van der Waals surface area contributed by atoms with Crippen LogP contribution in [0.3, 0.4) is 0 Å². The lowest BCUT2D eigenvalue weighted by molar-refractivity contribution is -0.164. The molecule has 0 aromatic heterocycles. The summed E-state index contributed by atoms with van der Waals surface area (Å²) in [6.07, 6.45) is 4.63. The van der Waals surface area contributed by atoms with E-state index in [4.69, 9.17) is 4.74 Å². The second-order valence-electron chi connectivity index (χ2n) is 8.36. The van der Waals surface area contributed by atoms with Crippen molar-refractivity contribution in [1.82, 2.24) is 0 Å². The van der Waals surface area contributed by atoms with Crippen LogP contribution in [0.25, 0.3) is 0 Å². The molecule has 0 radical (unpaired) electrons. The van der Waals surface area contributed by atoms with E-state index in [2.05, 4.69) is 29.6 Å². The van der Waals surface area contributed by atoms with Crippen LogP contribution >= 0.6 is 0 Å². The van der Waals surface area contributed by atoms with Crippen LogP contribution in [-0.4, -0.2) is 18.5 Å². The third kappa shape index (κ3) is 2.12. The molecule has 3 aliphatic rings. The van der Waals surface area contributed by atoms with Gasteiger partial charge in [0.1, 0.15) is 0 Å². The number of carbonyl (C=O) groups excluding carboxylic acids is 2. The average molecular weight is 375 g/mol. The van der Waals surface area contributed by atoms with Gasteiger partial charge in [0.15, 0.2) is 5.41 Å². The van der Waals surface area contributed by atoms with Gasteiger partial charge in [0.2, 0.25) is 5.91 Å². The maximum absolute atomic E-state index is 13.6. The average Bonchev–Trinajstić information content (AvgIpc) is 3.18. The second-order valence-corrected chi connectivity index (χ2v) is 8.36. The Morgan fingerprint density at radius 2 is 1.82 bits per heavy atom. The van der Waals surface area contributed by atoms with Crippen molar-refractivity contribution >= 4 is 17.6 Å². The van der Waals surface area contributed by atoms with Gasteiger partial charge in [0, 0.05) is 17.0 Å². The number of ether oxygens (including phenoxy) is 1. The summed E-state index contributed by atoms with van der Waals surface area (Å²) in [4.78, 5) is 27.0. The lowest BCUT2D eigenvalue weighted by Gasteiger charge is -2.54. The van der Waals surface area contributed by atoms with Crippen LogP contribution in [0.5, 0.6) is 0 Å². The van der Waals surface area contributed by atoms with E-state index < -0.39 is 5.41 Å². The summed E-state index contributed by atoms with van der Waals surface area (Å²) in [7, 11) is 0. The molecule has 2 aromatic carbocycles. The van der Waals surface area contributed by atoms with Crippen LogP contribution in [0.15, 0.2) is 48.5 Å². The van der Waals surface area contributed by atoms with Gasteiger partial charge in [-0.25, -0.2) is 0 Å². The van der Waals surface area contributed by atoms with Gasteiger partial charge in [0.05, 0.1) is 6.61 Å². The number of hydrogen-bond acceptors (Lipinski definition) is 3. The van der Waals surface area contributed by atoms with E-state index >= 15 is 0 Å². The molecule has 2 aromatic rings. The number of amides is 1. The first-order valence-electron chi connectivity index (χ1n) is 10.3. The van der Waals surface area contributed by atoms with E-state index in [1.54, 1.807) is 6.92 Å². The molecule has 28 heavy (non-hydrogen) atoms. The Balaban J connectivity index is 1.84. The SMILES string of the molecule is CCOC(=O)[C@]12Cc3ccccc3C3(CCCC3)[C@H]1c1ccccc1NC2=O. The van der Waals surface area contributed by atoms with Crippen LogP contribution in [0.2, 0.25) is 0 Å². The van der Waals surface area contributed by atoms with Gasteiger partial charge < -0.3 is 10.1 Å². The second kappa shape index (κ2) is 6.20. The third-order valence-corrected chi connectivity index (χ3v) is 7.13. The van der Waals surface area contributed by atoms with Crippen LogP contribution < -0.4 is 5.32 Å². The number of para-hydroxylation sites is 1. The minimum absolute atomic E-state index is 0.193. The van der Waals surface area contributed by atoms with Gasteiger partial charge in [-0.3, -0.25) is 9.59 Å². The lowest BCUT2D eigenvalue weighted by atomic mass is 9.48. The minimum atomic E-state index is -1.21. The fourth-order valence-corrected chi connectivity index (χ4v) is 6.17. The van der Waals surface area contributed by atoms with Crippen molar-refractivity contribution in [1.29, 1.82) is 0 Å². The fraction of sp³-hybridized carbons (Fsp3) is 0.417. The van der Waals surface area contributed by atoms with Crippen molar-refractivity contribution in [3.05, 3.63) is 65.2 Å². The molecule has 1 spiro atoms. The van der Waals surface area contributed by atoms with E-state index in [9.17, 15) is 9.59 Å². The topological polar surface area (TPSA) is 55.4 Å². The van der Waals surface area contributed by atoms with Gasteiger partial charge in [0.25, 0.3) is 0 Å². The molecule has 2 aliphatic carbocycles. The van der Waals surface area contributed by atoms with E-state index in [0.717, 1.165) is 42.5 Å². The van der Waals surface area contributed by atoms with Crippen molar-refractivity contribution in [2.45, 2.75) is 50.4 Å². The highest BCUT2D eigenvalue weighted by atomic mass is 16.5. The Bertz CT molecular complexity index is 960. The number of rotatable bonds is 2. The largest absolute Gasteiger partial charge is 0.465 e. The third-order valence-electron chi connectivity index (χ3n) is 7.13. The fourth-order valence-electron chi connectivity index (χ4n) is 6.17. The van der Waals surface area contributed by atoms with Crippen LogP contribution in [-0.2, 0) is 26.2 Å². The number of hydrogen-bond donors (Lipinski definition) is 1. The predicted molar refractivity (Wildman–Crippen MR) is 107 cm³/mol. The molecule has 1 fully saturated rings. The Hall–Kier alpha value is -2.62. The van der Waals surface area contributed by atoms with Crippen molar-refractivity contribution in [3.63, 3.8) is 0 Å². The van der Waals surface area contributed by atoms with E-state index in [0.29, 0.717) is 6.42 Å². The van der Waals surface area contributed by atoms with Crippen LogP contribution in [0, 0.1) is 5.41 Å². The maximum atomic E-state index is 13.6. The summed E-state index contributed by atoms with van der Waals surface area (Å²) >= 11 is 0. The summed E-state index contributed by atoms with van der Waals surface area (Å²) in [5.74, 6) is -0.787. The molecule has 4 heteroatoms. The van der Waals surface area contributed by atoms with Gasteiger partial charge in [-0.2, -0.15) is 0 Å². The monoisotopic (exact) mass is 375 g/mol. The summed E-state index contributed by atoms with van der Waals surface area (Å²) in [5, 5.41) is 3.04. The van der Waals surface area contributed by atoms with E-state index in [-0.39, 0.29) is 29.8 Å². The summed E-state index contributed by atoms with van der Waals surface area (Å²) in [5.41, 5.74) is 2.94. The van der Waals surface area contributed by atoms with Crippen molar-refractivity contribution in [3.8, 4) is 0 Å². The molecule has 2 atom stereocenters. The molecule has 1 amide bonds. The zero-order valence-electron chi connectivity index (χ0n) is 16.2.